The summed E-state index contributed by atoms with van der Waals surface area (Å²) < 4.78 is 7.27. The third-order valence-electron chi connectivity index (χ3n) is 6.36. The maximum absolute atomic E-state index is 13.8. The van der Waals surface area contributed by atoms with Gasteiger partial charge >= 0.3 is 5.97 Å². The average Bonchev–Trinajstić information content (AvgIpc) is 3.18. The van der Waals surface area contributed by atoms with Crippen LogP contribution < -0.4 is 14.9 Å². The lowest BCUT2D eigenvalue weighted by Gasteiger charge is -2.25. The first-order valence-electron chi connectivity index (χ1n) is 11.7. The normalized spacial score (nSPS) is 15.4. The number of carbonyl (C=O) groups excluding carboxylic acids is 1. The third-order valence-corrected chi connectivity index (χ3v) is 7.35. The molecule has 0 spiro atoms. The molecule has 2 heterocycles. The summed E-state index contributed by atoms with van der Waals surface area (Å²) in [7, 11) is 0. The number of aromatic nitrogens is 1. The average molecular weight is 514 g/mol. The summed E-state index contributed by atoms with van der Waals surface area (Å²) in [6.07, 6.45) is 1.62. The molecule has 37 heavy (non-hydrogen) atoms. The molecule has 1 aromatic heterocycles. The number of aryl methyl sites for hydroxylation is 1. The molecule has 0 amide bonds. The Kier molecular flexibility index (Phi) is 6.31. The van der Waals surface area contributed by atoms with Gasteiger partial charge in [0.25, 0.3) is 11.2 Å². The van der Waals surface area contributed by atoms with E-state index >= 15 is 0 Å². The van der Waals surface area contributed by atoms with Crippen LogP contribution in [0.4, 0.5) is 5.69 Å². The molecule has 3 aromatic carbocycles. The van der Waals surface area contributed by atoms with Crippen molar-refractivity contribution >= 4 is 39.8 Å². The van der Waals surface area contributed by atoms with Crippen LogP contribution in [0.3, 0.4) is 0 Å². The number of esters is 1. The molecule has 0 unspecified atom stereocenters. The zero-order chi connectivity index (χ0) is 26.3. The molecule has 0 radical (unpaired) electrons. The van der Waals surface area contributed by atoms with Crippen molar-refractivity contribution < 1.29 is 14.5 Å². The molecule has 1 atom stereocenters. The maximum atomic E-state index is 13.8. The Morgan fingerprint density at radius 1 is 1.16 bits per heavy atom. The number of nitro groups is 1. The second-order valence-electron chi connectivity index (χ2n) is 8.67. The summed E-state index contributed by atoms with van der Waals surface area (Å²) in [5.41, 5.74) is 2.29. The standard InChI is InChI=1S/C28H23N3O5S/c1-4-36-27(33)24-17(3)29-28-30(25(24)21-11-7-9-19-8-5-6-10-20(19)21)26(32)23(37-28)15-18-13-12-16(2)22(14-18)31(34)35/h5-15,25H,4H2,1-3H3/b23-15-/t25-/m0/s1. The lowest BCUT2D eigenvalue weighted by Crippen LogP contribution is -2.40. The summed E-state index contributed by atoms with van der Waals surface area (Å²) in [6.45, 7) is 5.33. The van der Waals surface area contributed by atoms with Crippen molar-refractivity contribution in [1.29, 1.82) is 0 Å². The number of nitro benzene ring substituents is 1. The maximum Gasteiger partial charge on any atom is 0.338 e. The highest BCUT2D eigenvalue weighted by atomic mass is 32.1. The first-order chi connectivity index (χ1) is 17.8. The fraction of sp³-hybridized carbons (Fsp3) is 0.179. The summed E-state index contributed by atoms with van der Waals surface area (Å²) in [4.78, 5) is 43.0. The van der Waals surface area contributed by atoms with Crippen molar-refractivity contribution in [3.05, 3.63) is 118 Å². The van der Waals surface area contributed by atoms with Crippen LogP contribution in [0.15, 0.2) is 81.7 Å². The monoisotopic (exact) mass is 513 g/mol. The van der Waals surface area contributed by atoms with Gasteiger partial charge in [-0.1, -0.05) is 65.9 Å². The quantitative estimate of drug-likeness (QED) is 0.226. The number of nitrogens with zero attached hydrogens (tertiary/aromatic N) is 3. The van der Waals surface area contributed by atoms with Gasteiger partial charge in [0.15, 0.2) is 4.80 Å². The minimum atomic E-state index is -0.740. The Balaban J connectivity index is 1.78. The molecule has 8 nitrogen and oxygen atoms in total. The van der Waals surface area contributed by atoms with Gasteiger partial charge in [0, 0.05) is 11.6 Å². The van der Waals surface area contributed by atoms with Crippen LogP contribution in [0, 0.1) is 17.0 Å². The molecule has 1 aliphatic rings. The molecular weight excluding hydrogens is 490 g/mol. The minimum Gasteiger partial charge on any atom is -0.463 e. The molecule has 1 aliphatic heterocycles. The molecule has 0 saturated carbocycles. The lowest BCUT2D eigenvalue weighted by molar-refractivity contribution is -0.385. The van der Waals surface area contributed by atoms with Crippen LogP contribution in [-0.2, 0) is 9.53 Å². The first kappa shape index (κ1) is 24.3. The number of hydrogen-bond acceptors (Lipinski definition) is 7. The molecule has 0 aliphatic carbocycles. The van der Waals surface area contributed by atoms with Crippen LogP contribution in [0.25, 0.3) is 16.8 Å². The zero-order valence-electron chi connectivity index (χ0n) is 20.4. The summed E-state index contributed by atoms with van der Waals surface area (Å²) >= 11 is 1.18. The molecule has 0 saturated heterocycles. The highest BCUT2D eigenvalue weighted by Gasteiger charge is 2.34. The van der Waals surface area contributed by atoms with Crippen molar-refractivity contribution in [3.63, 3.8) is 0 Å². The van der Waals surface area contributed by atoms with Crippen LogP contribution >= 0.6 is 11.3 Å². The van der Waals surface area contributed by atoms with Crippen LogP contribution in [0.2, 0.25) is 0 Å². The van der Waals surface area contributed by atoms with Crippen LogP contribution in [-0.4, -0.2) is 22.1 Å². The van der Waals surface area contributed by atoms with Gasteiger partial charge in [-0.25, -0.2) is 9.79 Å². The molecule has 9 heteroatoms. The number of thiazole rings is 1. The number of fused-ring (bicyclic) bond motifs is 2. The molecule has 0 bridgehead atoms. The van der Waals surface area contributed by atoms with Crippen molar-refractivity contribution in [2.45, 2.75) is 26.8 Å². The second kappa shape index (κ2) is 9.59. The van der Waals surface area contributed by atoms with E-state index < -0.39 is 16.9 Å². The van der Waals surface area contributed by atoms with E-state index in [1.54, 1.807) is 39.0 Å². The molecule has 186 valence electrons. The molecule has 0 N–H and O–H groups in total. The summed E-state index contributed by atoms with van der Waals surface area (Å²) in [5.74, 6) is -0.523. The molecule has 5 rings (SSSR count). The van der Waals surface area contributed by atoms with E-state index in [-0.39, 0.29) is 17.9 Å². The highest BCUT2D eigenvalue weighted by Crippen LogP contribution is 2.34. The van der Waals surface area contributed by atoms with E-state index in [0.717, 1.165) is 16.3 Å². The molecule has 0 fully saturated rings. The van der Waals surface area contributed by atoms with Crippen LogP contribution in [0.1, 0.15) is 36.6 Å². The number of hydrogen-bond donors (Lipinski definition) is 0. The van der Waals surface area contributed by atoms with Gasteiger partial charge in [0.1, 0.15) is 0 Å². The largest absolute Gasteiger partial charge is 0.463 e. The topological polar surface area (TPSA) is 104 Å². The van der Waals surface area contributed by atoms with Crippen molar-refractivity contribution in [2.24, 2.45) is 4.99 Å². The summed E-state index contributed by atoms with van der Waals surface area (Å²) in [5, 5.41) is 13.3. The van der Waals surface area contributed by atoms with Crippen molar-refractivity contribution in [2.75, 3.05) is 6.61 Å². The fourth-order valence-corrected chi connectivity index (χ4v) is 5.69. The van der Waals surface area contributed by atoms with Gasteiger partial charge in [-0.15, -0.1) is 0 Å². The van der Waals surface area contributed by atoms with Gasteiger partial charge in [0.2, 0.25) is 0 Å². The van der Waals surface area contributed by atoms with E-state index in [0.29, 0.717) is 31.7 Å². The SMILES string of the molecule is CCOC(=O)C1=C(C)N=c2s/c(=C\c3ccc(C)c([N+](=O)[O-])c3)c(=O)n2[C@H]1c1cccc2ccccc12. The van der Waals surface area contributed by atoms with E-state index in [4.69, 9.17) is 4.74 Å². The number of rotatable bonds is 5. The van der Waals surface area contributed by atoms with E-state index in [2.05, 4.69) is 4.99 Å². The van der Waals surface area contributed by atoms with Gasteiger partial charge < -0.3 is 4.74 Å². The zero-order valence-corrected chi connectivity index (χ0v) is 21.2. The van der Waals surface area contributed by atoms with E-state index in [1.807, 2.05) is 42.5 Å². The van der Waals surface area contributed by atoms with E-state index in [1.165, 1.54) is 22.0 Å². The number of benzene rings is 3. The third kappa shape index (κ3) is 4.27. The molecular formula is C28H23N3O5S. The van der Waals surface area contributed by atoms with Gasteiger partial charge in [-0.2, -0.15) is 0 Å². The number of carbonyl (C=O) groups is 1. The Morgan fingerprint density at radius 3 is 2.68 bits per heavy atom. The number of allylic oxidation sites excluding steroid dienone is 1. The Bertz CT molecular complexity index is 1790. The Morgan fingerprint density at radius 2 is 1.92 bits per heavy atom. The van der Waals surface area contributed by atoms with Crippen LogP contribution in [0.5, 0.6) is 0 Å². The first-order valence-corrected chi connectivity index (χ1v) is 12.5. The van der Waals surface area contributed by atoms with Crippen molar-refractivity contribution in [1.82, 2.24) is 4.57 Å². The summed E-state index contributed by atoms with van der Waals surface area (Å²) in [6, 6.07) is 17.7. The minimum absolute atomic E-state index is 0.0180. The predicted octanol–water partition coefficient (Wildman–Crippen LogP) is 4.17. The molecule has 4 aromatic rings. The van der Waals surface area contributed by atoms with Crippen molar-refractivity contribution in [3.8, 4) is 0 Å². The second-order valence-corrected chi connectivity index (χ2v) is 9.68. The highest BCUT2D eigenvalue weighted by molar-refractivity contribution is 7.07. The number of ether oxygens (including phenoxy) is 1. The fourth-order valence-electron chi connectivity index (χ4n) is 4.64. The van der Waals surface area contributed by atoms with Gasteiger partial charge in [0.05, 0.1) is 33.4 Å². The Labute approximate surface area is 215 Å². The smallest absolute Gasteiger partial charge is 0.338 e. The predicted molar refractivity (Wildman–Crippen MR) is 142 cm³/mol. The van der Waals surface area contributed by atoms with Gasteiger partial charge in [-0.05, 0) is 48.7 Å². The lowest BCUT2D eigenvalue weighted by atomic mass is 9.91. The van der Waals surface area contributed by atoms with Gasteiger partial charge in [-0.3, -0.25) is 19.5 Å². The van der Waals surface area contributed by atoms with E-state index in [9.17, 15) is 19.7 Å². The Hall–Kier alpha value is -4.37.